The summed E-state index contributed by atoms with van der Waals surface area (Å²) in [5.41, 5.74) is 3.56. The van der Waals surface area contributed by atoms with Gasteiger partial charge >= 0.3 is 0 Å². The van der Waals surface area contributed by atoms with E-state index in [0.717, 1.165) is 29.8 Å². The molecule has 5 nitrogen and oxygen atoms in total. The molecule has 0 bridgehead atoms. The second-order valence-corrected chi connectivity index (χ2v) is 5.64. The molecule has 2 aromatic rings. The minimum Gasteiger partial charge on any atom is -0.313 e. The maximum Gasteiger partial charge on any atom is 0.172 e. The highest BCUT2D eigenvalue weighted by atomic mass is 15.3. The number of aromatic nitrogens is 4. The van der Waals surface area contributed by atoms with Crippen LogP contribution in [0.5, 0.6) is 0 Å². The Morgan fingerprint density at radius 1 is 1.35 bits per heavy atom. The summed E-state index contributed by atoms with van der Waals surface area (Å²) in [4.78, 5) is 8.45. The smallest absolute Gasteiger partial charge is 0.172 e. The molecule has 0 radical (unpaired) electrons. The first-order valence-corrected chi connectivity index (χ1v) is 7.22. The van der Waals surface area contributed by atoms with Gasteiger partial charge in [0, 0.05) is 36.2 Å². The topological polar surface area (TPSA) is 55.6 Å². The molecule has 5 heteroatoms. The van der Waals surface area contributed by atoms with E-state index in [9.17, 15) is 0 Å². The van der Waals surface area contributed by atoms with Gasteiger partial charge in [-0.2, -0.15) is 5.10 Å². The Balaban J connectivity index is 1.86. The molecule has 1 saturated carbocycles. The van der Waals surface area contributed by atoms with Crippen LogP contribution in [0.2, 0.25) is 0 Å². The summed E-state index contributed by atoms with van der Waals surface area (Å²) in [5.74, 6) is 1.24. The first-order valence-electron chi connectivity index (χ1n) is 7.22. The van der Waals surface area contributed by atoms with Crippen LogP contribution in [0.15, 0.2) is 18.6 Å². The Labute approximate surface area is 119 Å². The van der Waals surface area contributed by atoms with Crippen molar-refractivity contribution in [2.45, 2.75) is 45.6 Å². The summed E-state index contributed by atoms with van der Waals surface area (Å²) >= 11 is 0. The van der Waals surface area contributed by atoms with E-state index in [0.29, 0.717) is 5.92 Å². The Kier molecular flexibility index (Phi) is 3.53. The van der Waals surface area contributed by atoms with Crippen LogP contribution in [0.25, 0.3) is 5.82 Å². The van der Waals surface area contributed by atoms with Gasteiger partial charge in [-0.25, -0.2) is 9.67 Å². The van der Waals surface area contributed by atoms with Crippen molar-refractivity contribution >= 4 is 0 Å². The summed E-state index contributed by atoms with van der Waals surface area (Å²) in [6, 6.07) is 0.744. The molecule has 3 rings (SSSR count). The molecule has 1 N–H and O–H groups in total. The average molecular weight is 271 g/mol. The van der Waals surface area contributed by atoms with Crippen molar-refractivity contribution in [1.29, 1.82) is 0 Å². The fraction of sp³-hybridized carbons (Fsp3) is 0.533. The quantitative estimate of drug-likeness (QED) is 0.905. The maximum atomic E-state index is 4.63. The van der Waals surface area contributed by atoms with Crippen molar-refractivity contribution in [1.82, 2.24) is 25.1 Å². The Morgan fingerprint density at radius 3 is 2.80 bits per heavy atom. The Hall–Kier alpha value is -1.75. The predicted molar refractivity (Wildman–Crippen MR) is 78.1 cm³/mol. The third-order valence-electron chi connectivity index (χ3n) is 3.90. The van der Waals surface area contributed by atoms with E-state index in [2.05, 4.69) is 41.2 Å². The van der Waals surface area contributed by atoms with Crippen LogP contribution < -0.4 is 5.32 Å². The number of rotatable bonds is 5. The minimum atomic E-state index is 0.459. The highest BCUT2D eigenvalue weighted by molar-refractivity contribution is 5.33. The average Bonchev–Trinajstić information content (AvgIpc) is 3.23. The van der Waals surface area contributed by atoms with Gasteiger partial charge in [0.05, 0.1) is 11.9 Å². The summed E-state index contributed by atoms with van der Waals surface area (Å²) < 4.78 is 1.89. The van der Waals surface area contributed by atoms with Crippen LogP contribution in [0.1, 0.15) is 42.6 Å². The zero-order valence-electron chi connectivity index (χ0n) is 12.3. The molecular weight excluding hydrogens is 250 g/mol. The molecule has 1 atom stereocenters. The van der Waals surface area contributed by atoms with Gasteiger partial charge in [0.2, 0.25) is 0 Å². The normalized spacial score (nSPS) is 16.4. The third-order valence-corrected chi connectivity index (χ3v) is 3.90. The first kappa shape index (κ1) is 13.2. The summed E-state index contributed by atoms with van der Waals surface area (Å²) in [6.45, 7) is 7.45. The van der Waals surface area contributed by atoms with Gasteiger partial charge in [-0.05, 0) is 32.6 Å². The van der Waals surface area contributed by atoms with Crippen LogP contribution in [0.3, 0.4) is 0 Å². The van der Waals surface area contributed by atoms with E-state index in [4.69, 9.17) is 0 Å². The number of hydrogen-bond acceptors (Lipinski definition) is 4. The zero-order chi connectivity index (χ0) is 14.1. The van der Waals surface area contributed by atoms with E-state index in [-0.39, 0.29) is 0 Å². The second kappa shape index (κ2) is 5.32. The molecule has 1 fully saturated rings. The van der Waals surface area contributed by atoms with Crippen molar-refractivity contribution in [3.05, 3.63) is 35.5 Å². The number of nitrogens with one attached hydrogen (secondary N) is 1. The monoisotopic (exact) mass is 271 g/mol. The van der Waals surface area contributed by atoms with Crippen LogP contribution in [-0.4, -0.2) is 32.3 Å². The van der Waals surface area contributed by atoms with Crippen molar-refractivity contribution in [2.24, 2.45) is 0 Å². The van der Waals surface area contributed by atoms with Gasteiger partial charge in [-0.1, -0.05) is 6.92 Å². The Morgan fingerprint density at radius 2 is 2.15 bits per heavy atom. The van der Waals surface area contributed by atoms with Gasteiger partial charge in [0.1, 0.15) is 0 Å². The lowest BCUT2D eigenvalue weighted by Gasteiger charge is -2.13. The van der Waals surface area contributed by atoms with E-state index in [1.807, 2.05) is 4.68 Å². The summed E-state index contributed by atoms with van der Waals surface area (Å²) in [6.07, 6.45) is 7.77. The van der Waals surface area contributed by atoms with Crippen molar-refractivity contribution < 1.29 is 0 Å². The van der Waals surface area contributed by atoms with Crippen molar-refractivity contribution in [3.63, 3.8) is 0 Å². The summed E-state index contributed by atoms with van der Waals surface area (Å²) in [5, 5.41) is 8.22. The molecular formula is C15H21N5. The lowest BCUT2D eigenvalue weighted by Crippen LogP contribution is -2.22. The molecule has 1 aliphatic rings. The molecule has 1 unspecified atom stereocenters. The maximum absolute atomic E-state index is 4.63. The van der Waals surface area contributed by atoms with Gasteiger partial charge in [-0.3, -0.25) is 4.98 Å². The van der Waals surface area contributed by atoms with Crippen LogP contribution in [0.4, 0.5) is 0 Å². The number of nitrogens with zero attached hydrogens (tertiary/aromatic N) is 4. The lowest BCUT2D eigenvalue weighted by atomic mass is 9.99. The van der Waals surface area contributed by atoms with E-state index in [1.165, 1.54) is 18.4 Å². The molecule has 0 amide bonds. The third kappa shape index (κ3) is 2.58. The second-order valence-electron chi connectivity index (χ2n) is 5.64. The Bertz CT molecular complexity index is 586. The molecule has 1 aliphatic carbocycles. The molecule has 106 valence electrons. The first-order chi connectivity index (χ1) is 9.66. The lowest BCUT2D eigenvalue weighted by molar-refractivity contribution is 0.607. The standard InChI is InChI=1S/C15H21N5/c1-10(8-18-13-4-5-13)15-11(2)19-20(12(15)3)14-9-16-6-7-17-14/h6-7,9-10,13,18H,4-5,8H2,1-3H3. The molecule has 20 heavy (non-hydrogen) atoms. The van der Waals surface area contributed by atoms with Crippen LogP contribution in [-0.2, 0) is 0 Å². The van der Waals surface area contributed by atoms with Crippen LogP contribution >= 0.6 is 0 Å². The number of hydrogen-bond donors (Lipinski definition) is 1. The predicted octanol–water partition coefficient (Wildman–Crippen LogP) is 2.13. The van der Waals surface area contributed by atoms with Crippen molar-refractivity contribution in [3.8, 4) is 5.82 Å². The molecule has 0 spiro atoms. The molecule has 0 saturated heterocycles. The molecule has 0 aliphatic heterocycles. The largest absolute Gasteiger partial charge is 0.313 e. The fourth-order valence-corrected chi connectivity index (χ4v) is 2.72. The minimum absolute atomic E-state index is 0.459. The SMILES string of the molecule is Cc1nn(-c2cnccn2)c(C)c1C(C)CNC1CC1. The highest BCUT2D eigenvalue weighted by Crippen LogP contribution is 2.26. The molecule has 2 heterocycles. The van der Waals surface area contributed by atoms with Crippen LogP contribution in [0, 0.1) is 13.8 Å². The van der Waals surface area contributed by atoms with E-state index in [1.54, 1.807) is 18.6 Å². The fourth-order valence-electron chi connectivity index (χ4n) is 2.72. The van der Waals surface area contributed by atoms with Gasteiger partial charge in [0.15, 0.2) is 5.82 Å². The molecule has 2 aromatic heterocycles. The zero-order valence-corrected chi connectivity index (χ0v) is 12.3. The summed E-state index contributed by atoms with van der Waals surface area (Å²) in [7, 11) is 0. The van der Waals surface area contributed by atoms with Crippen molar-refractivity contribution in [2.75, 3.05) is 6.54 Å². The molecule has 0 aromatic carbocycles. The van der Waals surface area contributed by atoms with Gasteiger partial charge in [-0.15, -0.1) is 0 Å². The van der Waals surface area contributed by atoms with E-state index >= 15 is 0 Å². The van der Waals surface area contributed by atoms with Gasteiger partial charge in [0.25, 0.3) is 0 Å². The number of aryl methyl sites for hydroxylation is 1. The highest BCUT2D eigenvalue weighted by Gasteiger charge is 2.23. The van der Waals surface area contributed by atoms with E-state index < -0.39 is 0 Å². The van der Waals surface area contributed by atoms with Gasteiger partial charge < -0.3 is 5.32 Å².